The van der Waals surface area contributed by atoms with E-state index in [4.69, 9.17) is 0 Å². The number of benzene rings is 1. The number of rotatable bonds is 7. The van der Waals surface area contributed by atoms with Crippen molar-refractivity contribution in [3.63, 3.8) is 0 Å². The molecule has 134 valence electrons. The van der Waals surface area contributed by atoms with Gasteiger partial charge in [-0.05, 0) is 38.0 Å². The van der Waals surface area contributed by atoms with Gasteiger partial charge in [0, 0.05) is 42.3 Å². The molecule has 0 aliphatic heterocycles. The Labute approximate surface area is 158 Å². The quantitative estimate of drug-likeness (QED) is 0.616. The molecule has 0 saturated heterocycles. The molecule has 26 heavy (non-hydrogen) atoms. The van der Waals surface area contributed by atoms with Crippen LogP contribution < -0.4 is 0 Å². The van der Waals surface area contributed by atoms with E-state index in [-0.39, 0.29) is 11.9 Å². The average Bonchev–Trinajstić information content (AvgIpc) is 3.14. The van der Waals surface area contributed by atoms with Gasteiger partial charge in [0.05, 0.1) is 5.69 Å². The zero-order valence-corrected chi connectivity index (χ0v) is 15.9. The Morgan fingerprint density at radius 3 is 2.65 bits per heavy atom. The minimum absolute atomic E-state index is 0.166. The minimum atomic E-state index is 0.166. The molecular formula is C21H23N3OS. The number of aromatic nitrogens is 2. The van der Waals surface area contributed by atoms with E-state index >= 15 is 0 Å². The molecule has 0 bridgehead atoms. The Morgan fingerprint density at radius 1 is 1.15 bits per heavy atom. The lowest BCUT2D eigenvalue weighted by molar-refractivity contribution is -0.133. The summed E-state index contributed by atoms with van der Waals surface area (Å²) in [6.07, 6.45) is 4.70. The zero-order valence-electron chi connectivity index (χ0n) is 15.1. The van der Waals surface area contributed by atoms with Crippen LogP contribution in [0.15, 0.2) is 60.2 Å². The maximum Gasteiger partial charge on any atom is 0.223 e. The predicted molar refractivity (Wildman–Crippen MR) is 106 cm³/mol. The molecule has 5 heteroatoms. The highest BCUT2D eigenvalue weighted by molar-refractivity contribution is 7.13. The van der Waals surface area contributed by atoms with Crippen molar-refractivity contribution in [3.05, 3.63) is 71.5 Å². The van der Waals surface area contributed by atoms with E-state index in [9.17, 15) is 4.79 Å². The number of amides is 1. The molecule has 0 fully saturated rings. The Bertz CT molecular complexity index is 831. The van der Waals surface area contributed by atoms with Crippen molar-refractivity contribution in [3.8, 4) is 10.6 Å². The van der Waals surface area contributed by atoms with Gasteiger partial charge < -0.3 is 4.90 Å². The fraction of sp³-hybridized carbons (Fsp3) is 0.286. The fourth-order valence-corrected chi connectivity index (χ4v) is 3.61. The lowest BCUT2D eigenvalue weighted by Gasteiger charge is -2.27. The fourth-order valence-electron chi connectivity index (χ4n) is 2.76. The molecule has 2 heterocycles. The van der Waals surface area contributed by atoms with Crippen LogP contribution in [-0.4, -0.2) is 26.8 Å². The second kappa shape index (κ2) is 8.72. The Hall–Kier alpha value is -2.53. The number of aryl methyl sites for hydroxylation is 1. The molecule has 0 saturated carbocycles. The lowest BCUT2D eigenvalue weighted by Crippen LogP contribution is -2.36. The van der Waals surface area contributed by atoms with Crippen LogP contribution in [0, 0.1) is 0 Å². The van der Waals surface area contributed by atoms with Crippen molar-refractivity contribution in [2.75, 3.05) is 0 Å². The summed E-state index contributed by atoms with van der Waals surface area (Å²) < 4.78 is 0. The van der Waals surface area contributed by atoms with Crippen LogP contribution in [-0.2, 0) is 17.8 Å². The molecule has 1 aromatic carbocycles. The van der Waals surface area contributed by atoms with Gasteiger partial charge in [0.2, 0.25) is 5.91 Å². The van der Waals surface area contributed by atoms with Crippen molar-refractivity contribution >= 4 is 17.2 Å². The number of pyridine rings is 1. The molecule has 0 spiro atoms. The first-order chi connectivity index (χ1) is 12.6. The molecule has 3 rings (SSSR count). The monoisotopic (exact) mass is 365 g/mol. The third kappa shape index (κ3) is 4.76. The van der Waals surface area contributed by atoms with Crippen LogP contribution in [0.3, 0.4) is 0 Å². The maximum absolute atomic E-state index is 12.7. The number of carbonyl (C=O) groups excluding carboxylic acids is 1. The van der Waals surface area contributed by atoms with E-state index in [2.05, 4.69) is 35.9 Å². The molecule has 4 nitrogen and oxygen atoms in total. The van der Waals surface area contributed by atoms with Crippen molar-refractivity contribution in [2.45, 2.75) is 39.3 Å². The third-order valence-corrected chi connectivity index (χ3v) is 5.13. The predicted octanol–water partition coefficient (Wildman–Crippen LogP) is 4.57. The summed E-state index contributed by atoms with van der Waals surface area (Å²) in [5.74, 6) is 0.166. The molecule has 2 aromatic heterocycles. The van der Waals surface area contributed by atoms with Crippen molar-refractivity contribution in [1.82, 2.24) is 14.9 Å². The summed E-state index contributed by atoms with van der Waals surface area (Å²) in [4.78, 5) is 23.4. The normalized spacial score (nSPS) is 10.9. The highest BCUT2D eigenvalue weighted by Crippen LogP contribution is 2.23. The van der Waals surface area contributed by atoms with E-state index in [1.807, 2.05) is 46.8 Å². The topological polar surface area (TPSA) is 46.1 Å². The zero-order chi connectivity index (χ0) is 18.4. The summed E-state index contributed by atoms with van der Waals surface area (Å²) >= 11 is 1.60. The number of nitrogens with zero attached hydrogens (tertiary/aromatic N) is 3. The van der Waals surface area contributed by atoms with E-state index in [0.29, 0.717) is 19.4 Å². The van der Waals surface area contributed by atoms with Crippen LogP contribution >= 0.6 is 11.3 Å². The average molecular weight is 366 g/mol. The summed E-state index contributed by atoms with van der Waals surface area (Å²) in [5.41, 5.74) is 3.13. The van der Waals surface area contributed by atoms with Crippen molar-refractivity contribution < 1.29 is 4.79 Å². The summed E-state index contributed by atoms with van der Waals surface area (Å²) in [6, 6.07) is 14.2. The highest BCUT2D eigenvalue weighted by Gasteiger charge is 2.17. The van der Waals surface area contributed by atoms with Gasteiger partial charge >= 0.3 is 0 Å². The third-order valence-electron chi connectivity index (χ3n) is 4.19. The second-order valence-electron chi connectivity index (χ2n) is 6.49. The number of hydrogen-bond acceptors (Lipinski definition) is 4. The van der Waals surface area contributed by atoms with Gasteiger partial charge in [0.1, 0.15) is 5.01 Å². The number of carbonyl (C=O) groups is 1. The molecule has 1 amide bonds. The molecule has 3 aromatic rings. The minimum Gasteiger partial charge on any atom is -0.336 e. The van der Waals surface area contributed by atoms with Gasteiger partial charge in [-0.2, -0.15) is 0 Å². The van der Waals surface area contributed by atoms with E-state index in [0.717, 1.165) is 21.8 Å². The molecular weight excluding hydrogens is 342 g/mol. The summed E-state index contributed by atoms with van der Waals surface area (Å²) in [5, 5.41) is 2.98. The smallest absolute Gasteiger partial charge is 0.223 e. The van der Waals surface area contributed by atoms with Gasteiger partial charge in [-0.1, -0.05) is 30.3 Å². The highest BCUT2D eigenvalue weighted by atomic mass is 32.1. The molecule has 0 unspecified atom stereocenters. The van der Waals surface area contributed by atoms with Gasteiger partial charge in [0.15, 0.2) is 0 Å². The van der Waals surface area contributed by atoms with Gasteiger partial charge in [0.25, 0.3) is 0 Å². The van der Waals surface area contributed by atoms with Gasteiger partial charge in [-0.15, -0.1) is 11.3 Å². The largest absolute Gasteiger partial charge is 0.336 e. The van der Waals surface area contributed by atoms with E-state index in [1.165, 1.54) is 0 Å². The Balaban J connectivity index is 1.61. The molecule has 0 atom stereocenters. The van der Waals surface area contributed by atoms with Gasteiger partial charge in [-0.25, -0.2) is 4.98 Å². The lowest BCUT2D eigenvalue weighted by atomic mass is 10.1. The van der Waals surface area contributed by atoms with Crippen molar-refractivity contribution in [1.29, 1.82) is 0 Å². The maximum atomic E-state index is 12.7. The number of thiazole rings is 1. The first kappa shape index (κ1) is 18.3. The second-order valence-corrected chi connectivity index (χ2v) is 7.34. The first-order valence-corrected chi connectivity index (χ1v) is 9.69. The molecule has 0 aliphatic carbocycles. The summed E-state index contributed by atoms with van der Waals surface area (Å²) in [7, 11) is 0. The van der Waals surface area contributed by atoms with Crippen LogP contribution in [0.25, 0.3) is 10.6 Å². The Morgan fingerprint density at radius 2 is 1.96 bits per heavy atom. The van der Waals surface area contributed by atoms with Crippen LogP contribution in [0.4, 0.5) is 0 Å². The molecule has 0 aliphatic rings. The van der Waals surface area contributed by atoms with Crippen LogP contribution in [0.2, 0.25) is 0 Å². The van der Waals surface area contributed by atoms with Crippen LogP contribution in [0.1, 0.15) is 31.5 Å². The van der Waals surface area contributed by atoms with Gasteiger partial charge in [-0.3, -0.25) is 9.78 Å². The molecule has 0 N–H and O–H groups in total. The van der Waals surface area contributed by atoms with Crippen LogP contribution in [0.5, 0.6) is 0 Å². The standard InChI is InChI=1S/C21H23N3OS/c1-16(2)24(14-17-7-4-3-5-8-17)20(25)11-10-19-15-26-21(23-19)18-9-6-12-22-13-18/h3-9,12-13,15-16H,10-11,14H2,1-2H3. The van der Waals surface area contributed by atoms with Crippen molar-refractivity contribution in [2.24, 2.45) is 0 Å². The van der Waals surface area contributed by atoms with E-state index in [1.54, 1.807) is 17.5 Å². The number of hydrogen-bond donors (Lipinski definition) is 0. The van der Waals surface area contributed by atoms with E-state index < -0.39 is 0 Å². The first-order valence-electron chi connectivity index (χ1n) is 8.81. The Kier molecular flexibility index (Phi) is 6.12. The summed E-state index contributed by atoms with van der Waals surface area (Å²) in [6.45, 7) is 4.77. The molecule has 0 radical (unpaired) electrons. The SMILES string of the molecule is CC(C)N(Cc1ccccc1)C(=O)CCc1csc(-c2cccnc2)n1.